The normalized spacial score (nSPS) is 18.5. The molecule has 4 aliphatic rings. The van der Waals surface area contributed by atoms with Crippen LogP contribution in [0.3, 0.4) is 0 Å². The Labute approximate surface area is 355 Å². The number of hydrogen-bond donors (Lipinski definition) is 2. The fourth-order valence-electron chi connectivity index (χ4n) is 10.0. The maximum absolute atomic E-state index is 11.6. The van der Waals surface area contributed by atoms with Gasteiger partial charge in [0.05, 0.1) is 11.4 Å². The number of allylic oxidation sites excluding steroid dienone is 2. The topological polar surface area (TPSA) is 65.2 Å². The number of phenols is 2. The van der Waals surface area contributed by atoms with Crippen LogP contribution in [0.25, 0.3) is 43.8 Å². The molecule has 2 N–H and O–H groups in total. The molecule has 302 valence electrons. The van der Waals surface area contributed by atoms with Gasteiger partial charge in [-0.15, -0.1) is 0 Å². The summed E-state index contributed by atoms with van der Waals surface area (Å²) in [6.07, 6.45) is 0. The standard InChI is InChI=1S/C56H56N2O2/c1-53(2,3)31-21-29-23-33(55(7,8)9)27-39-43(29)37(25-31)45-47(39)51(57-49(45)35-17-13-15-19-41(35)59)52-48-40-28-34(56(10,11)12)24-30-22-32(54(4,5)6)26-38(44(30)40)46(48)50(58-52)36-18-14-16-20-42(36)60/h13-28,51-52,59-60H,1-12H3. The Hall–Kier alpha value is -5.74. The Morgan fingerprint density at radius 3 is 0.983 bits per heavy atom. The fourth-order valence-corrected chi connectivity index (χ4v) is 10.0. The van der Waals surface area contributed by atoms with E-state index in [1.165, 1.54) is 77.2 Å². The minimum absolute atomic E-state index is 0.0941. The largest absolute Gasteiger partial charge is 0.507 e. The highest BCUT2D eigenvalue weighted by molar-refractivity contribution is 6.47. The van der Waals surface area contributed by atoms with Gasteiger partial charge in [0.15, 0.2) is 0 Å². The van der Waals surface area contributed by atoms with Gasteiger partial charge < -0.3 is 10.2 Å². The third kappa shape index (κ3) is 5.62. The summed E-state index contributed by atoms with van der Waals surface area (Å²) in [5, 5.41) is 28.2. The molecule has 4 nitrogen and oxygen atoms in total. The number of phenolic OH excluding ortho intramolecular Hbond substituents is 2. The molecule has 10 rings (SSSR count). The van der Waals surface area contributed by atoms with Gasteiger partial charge >= 0.3 is 0 Å². The molecule has 4 heteroatoms. The highest BCUT2D eigenvalue weighted by atomic mass is 16.3. The van der Waals surface area contributed by atoms with Crippen molar-refractivity contribution in [1.82, 2.24) is 0 Å². The van der Waals surface area contributed by atoms with Crippen LogP contribution in [0.15, 0.2) is 107 Å². The summed E-state index contributed by atoms with van der Waals surface area (Å²) < 4.78 is 0. The predicted octanol–water partition coefficient (Wildman–Crippen LogP) is 13.5. The Bertz CT molecular complexity index is 2810. The van der Waals surface area contributed by atoms with Crippen molar-refractivity contribution in [3.05, 3.63) is 153 Å². The Morgan fingerprint density at radius 2 is 0.683 bits per heavy atom. The van der Waals surface area contributed by atoms with Gasteiger partial charge in [0.2, 0.25) is 0 Å². The molecule has 2 heterocycles. The Kier molecular flexibility index (Phi) is 7.96. The van der Waals surface area contributed by atoms with Gasteiger partial charge in [-0.05, 0) is 135 Å². The SMILES string of the molecule is CC(C)(C)c1cc2c3c(cc(C(C)(C)C)cc3c1)C1=C2C(c2ccccc2O)=NC1C1N=C(c2ccccc2O)C2=C1c1cc(C(C)(C)C)cc3cc(C(C)(C)C)cc2c13. The number of hydrogen-bond acceptors (Lipinski definition) is 4. The zero-order valence-electron chi connectivity index (χ0n) is 37.2. The molecule has 2 atom stereocenters. The molecular formula is C56H56N2O2. The van der Waals surface area contributed by atoms with Gasteiger partial charge in [-0.3, -0.25) is 9.98 Å². The lowest BCUT2D eigenvalue weighted by molar-refractivity contribution is 0.473. The number of aliphatic imine (C=N–C) groups is 2. The molecule has 0 aromatic heterocycles. The summed E-state index contributed by atoms with van der Waals surface area (Å²) in [5.74, 6) is 0.427. The van der Waals surface area contributed by atoms with Gasteiger partial charge in [0, 0.05) is 22.3 Å². The van der Waals surface area contributed by atoms with E-state index >= 15 is 0 Å². The summed E-state index contributed by atoms with van der Waals surface area (Å²) in [6.45, 7) is 27.5. The van der Waals surface area contributed by atoms with E-state index in [1.807, 2.05) is 36.4 Å². The van der Waals surface area contributed by atoms with E-state index in [4.69, 9.17) is 9.98 Å². The van der Waals surface area contributed by atoms with Crippen molar-refractivity contribution >= 4 is 55.3 Å². The lowest BCUT2D eigenvalue weighted by Crippen LogP contribution is -2.23. The molecule has 2 unspecified atom stereocenters. The van der Waals surface area contributed by atoms with E-state index in [2.05, 4.69) is 132 Å². The van der Waals surface area contributed by atoms with Crippen LogP contribution in [-0.4, -0.2) is 33.7 Å². The number of benzene rings is 6. The van der Waals surface area contributed by atoms with Crippen LogP contribution in [0, 0.1) is 0 Å². The minimum atomic E-state index is -0.406. The molecule has 0 amide bonds. The number of nitrogens with zero attached hydrogens (tertiary/aromatic N) is 2. The number of fused-ring (bicyclic) bond motifs is 4. The molecule has 2 aliphatic heterocycles. The summed E-state index contributed by atoms with van der Waals surface area (Å²) >= 11 is 0. The van der Waals surface area contributed by atoms with Crippen molar-refractivity contribution in [2.75, 3.05) is 0 Å². The van der Waals surface area contributed by atoms with Crippen LogP contribution in [0.5, 0.6) is 11.5 Å². The van der Waals surface area contributed by atoms with E-state index in [0.717, 1.165) is 33.7 Å². The first-order valence-corrected chi connectivity index (χ1v) is 21.6. The van der Waals surface area contributed by atoms with Gasteiger partial charge in [0.25, 0.3) is 0 Å². The number of para-hydroxylation sites is 2. The lowest BCUT2D eigenvalue weighted by atomic mass is 9.80. The molecule has 0 spiro atoms. The van der Waals surface area contributed by atoms with Crippen LogP contribution in [-0.2, 0) is 21.7 Å². The fraction of sp³-hybridized carbons (Fsp3) is 0.321. The van der Waals surface area contributed by atoms with Crippen molar-refractivity contribution in [1.29, 1.82) is 0 Å². The molecule has 6 aromatic rings. The average molecular weight is 789 g/mol. The van der Waals surface area contributed by atoms with E-state index < -0.39 is 12.1 Å². The first-order valence-electron chi connectivity index (χ1n) is 21.6. The van der Waals surface area contributed by atoms with Gasteiger partial charge in [0.1, 0.15) is 23.6 Å². The van der Waals surface area contributed by atoms with Crippen molar-refractivity contribution in [3.8, 4) is 11.5 Å². The van der Waals surface area contributed by atoms with Crippen molar-refractivity contribution in [2.45, 2.75) is 117 Å². The first-order chi connectivity index (χ1) is 28.1. The summed E-state index contributed by atoms with van der Waals surface area (Å²) in [7, 11) is 0. The summed E-state index contributed by atoms with van der Waals surface area (Å²) in [5.41, 5.74) is 17.0. The van der Waals surface area contributed by atoms with Gasteiger partial charge in [-0.25, -0.2) is 0 Å². The van der Waals surface area contributed by atoms with Crippen LogP contribution >= 0.6 is 0 Å². The van der Waals surface area contributed by atoms with Crippen LogP contribution in [0.1, 0.15) is 139 Å². The quantitative estimate of drug-likeness (QED) is 0.188. The van der Waals surface area contributed by atoms with E-state index in [-0.39, 0.29) is 33.2 Å². The number of aromatic hydroxyl groups is 2. The second-order valence-corrected chi connectivity index (χ2v) is 21.7. The maximum Gasteiger partial charge on any atom is 0.124 e. The smallest absolute Gasteiger partial charge is 0.124 e. The molecule has 0 saturated heterocycles. The number of rotatable bonds is 3. The van der Waals surface area contributed by atoms with Crippen LogP contribution in [0.4, 0.5) is 0 Å². The zero-order valence-corrected chi connectivity index (χ0v) is 37.2. The third-order valence-corrected chi connectivity index (χ3v) is 13.4. The van der Waals surface area contributed by atoms with E-state index in [1.54, 1.807) is 12.1 Å². The first kappa shape index (κ1) is 38.5. The molecule has 0 radical (unpaired) electrons. The highest BCUT2D eigenvalue weighted by Crippen LogP contribution is 2.58. The Balaban J connectivity index is 1.32. The van der Waals surface area contributed by atoms with Crippen molar-refractivity contribution in [2.24, 2.45) is 9.98 Å². The molecule has 0 fully saturated rings. The molecule has 0 saturated carbocycles. The van der Waals surface area contributed by atoms with E-state index in [0.29, 0.717) is 0 Å². The van der Waals surface area contributed by atoms with E-state index in [9.17, 15) is 10.2 Å². The maximum atomic E-state index is 11.6. The summed E-state index contributed by atoms with van der Waals surface area (Å²) in [6, 6.07) is 33.6. The lowest BCUT2D eigenvalue weighted by Gasteiger charge is -2.26. The molecule has 60 heavy (non-hydrogen) atoms. The minimum Gasteiger partial charge on any atom is -0.507 e. The summed E-state index contributed by atoms with van der Waals surface area (Å²) in [4.78, 5) is 11.6. The average Bonchev–Trinajstić information content (AvgIpc) is 3.91. The van der Waals surface area contributed by atoms with Crippen molar-refractivity contribution in [3.63, 3.8) is 0 Å². The molecule has 0 bridgehead atoms. The van der Waals surface area contributed by atoms with Crippen LogP contribution in [0.2, 0.25) is 0 Å². The zero-order chi connectivity index (χ0) is 42.6. The second-order valence-electron chi connectivity index (χ2n) is 21.7. The Morgan fingerprint density at radius 1 is 0.383 bits per heavy atom. The van der Waals surface area contributed by atoms with Crippen LogP contribution < -0.4 is 0 Å². The van der Waals surface area contributed by atoms with Gasteiger partial charge in [-0.1, -0.05) is 144 Å². The second kappa shape index (κ2) is 12.4. The van der Waals surface area contributed by atoms with Crippen molar-refractivity contribution < 1.29 is 10.2 Å². The third-order valence-electron chi connectivity index (χ3n) is 13.4. The van der Waals surface area contributed by atoms with Gasteiger partial charge in [-0.2, -0.15) is 0 Å². The molecule has 6 aromatic carbocycles. The monoisotopic (exact) mass is 788 g/mol. The molecular weight excluding hydrogens is 733 g/mol. The highest BCUT2D eigenvalue weighted by Gasteiger charge is 2.48. The predicted molar refractivity (Wildman–Crippen MR) is 253 cm³/mol. The molecule has 2 aliphatic carbocycles.